The molecule has 0 amide bonds. The van der Waals surface area contributed by atoms with Gasteiger partial charge in [0.05, 0.1) is 11.1 Å². The van der Waals surface area contributed by atoms with E-state index in [1.165, 1.54) is 78.0 Å². The van der Waals surface area contributed by atoms with Gasteiger partial charge in [-0.15, -0.1) is 0 Å². The van der Waals surface area contributed by atoms with E-state index in [2.05, 4.69) is 194 Å². The van der Waals surface area contributed by atoms with Crippen LogP contribution in [0, 0.1) is 0 Å². The molecule has 0 aromatic heterocycles. The average Bonchev–Trinajstić information content (AvgIpc) is 3.10. The summed E-state index contributed by atoms with van der Waals surface area (Å²) in [6, 6.07) is 51.3. The number of nitrogens with zero attached hydrogens (tertiary/aromatic N) is 1. The summed E-state index contributed by atoms with van der Waals surface area (Å²) >= 11 is 0. The predicted octanol–water partition coefficient (Wildman–Crippen LogP) is 9.92. The van der Waals surface area contributed by atoms with Crippen molar-refractivity contribution in [1.82, 2.24) is 0 Å². The van der Waals surface area contributed by atoms with Gasteiger partial charge < -0.3 is 4.90 Å². The lowest BCUT2D eigenvalue weighted by Gasteiger charge is -2.55. The molecule has 3 heterocycles. The van der Waals surface area contributed by atoms with E-state index in [9.17, 15) is 0 Å². The number of rotatable bonds is 3. The second kappa shape index (κ2) is 10.4. The number of anilines is 3. The Morgan fingerprint density at radius 2 is 0.920 bits per heavy atom. The maximum atomic E-state index is 2.72. The van der Waals surface area contributed by atoms with Crippen LogP contribution in [0.25, 0.3) is 0 Å². The van der Waals surface area contributed by atoms with Gasteiger partial charge in [0.1, 0.15) is 0 Å². The molecule has 3 aliphatic heterocycles. The quantitative estimate of drug-likeness (QED) is 0.173. The van der Waals surface area contributed by atoms with E-state index in [4.69, 9.17) is 0 Å². The van der Waals surface area contributed by atoms with Crippen LogP contribution in [-0.4, -0.2) is 6.71 Å². The van der Waals surface area contributed by atoms with E-state index >= 15 is 0 Å². The van der Waals surface area contributed by atoms with Crippen LogP contribution >= 0.6 is 0 Å². The van der Waals surface area contributed by atoms with Crippen molar-refractivity contribution < 1.29 is 0 Å². The monoisotopic (exact) mass is 647 g/mol. The number of hydrogen-bond acceptors (Lipinski definition) is 1. The Labute approximate surface area is 299 Å². The summed E-state index contributed by atoms with van der Waals surface area (Å²) in [4.78, 5) is 2.72. The van der Waals surface area contributed by atoms with Gasteiger partial charge in [0.2, 0.25) is 6.71 Å². The zero-order valence-electron chi connectivity index (χ0n) is 30.7. The van der Waals surface area contributed by atoms with Gasteiger partial charge in [-0.05, 0) is 66.3 Å². The van der Waals surface area contributed by atoms with Crippen LogP contribution in [-0.2, 0) is 21.7 Å². The maximum absolute atomic E-state index is 2.72. The molecule has 0 fully saturated rings. The molecule has 246 valence electrons. The second-order valence-corrected chi connectivity index (χ2v) is 17.4. The number of hydrogen-bond donors (Lipinski definition) is 0. The zero-order chi connectivity index (χ0) is 34.8. The Kier molecular flexibility index (Phi) is 6.46. The number of benzene rings is 6. The first kappa shape index (κ1) is 31.2. The highest BCUT2D eigenvalue weighted by Gasteiger charge is 2.55. The lowest BCUT2D eigenvalue weighted by Crippen LogP contribution is -2.61. The van der Waals surface area contributed by atoms with Crippen LogP contribution in [0.3, 0.4) is 0 Å². The first-order valence-corrected chi connectivity index (χ1v) is 18.3. The third kappa shape index (κ3) is 4.08. The minimum Gasteiger partial charge on any atom is -0.310 e. The molecule has 6 aromatic rings. The van der Waals surface area contributed by atoms with Gasteiger partial charge in [0, 0.05) is 16.8 Å². The Morgan fingerprint density at radius 1 is 0.460 bits per heavy atom. The smallest absolute Gasteiger partial charge is 0.246 e. The fourth-order valence-electron chi connectivity index (χ4n) is 9.44. The topological polar surface area (TPSA) is 3.24 Å². The molecule has 2 heteroatoms. The normalized spacial score (nSPS) is 16.2. The summed E-state index contributed by atoms with van der Waals surface area (Å²) in [7, 11) is 0. The zero-order valence-corrected chi connectivity index (χ0v) is 30.7. The van der Waals surface area contributed by atoms with Gasteiger partial charge >= 0.3 is 0 Å². The largest absolute Gasteiger partial charge is 0.310 e. The fourth-order valence-corrected chi connectivity index (χ4v) is 9.44. The molecule has 0 spiro atoms. The van der Waals surface area contributed by atoms with Crippen molar-refractivity contribution in [2.45, 2.75) is 77.0 Å². The van der Waals surface area contributed by atoms with Crippen molar-refractivity contribution in [3.8, 4) is 0 Å². The molecule has 6 aromatic carbocycles. The minimum absolute atomic E-state index is 0.00133. The molecule has 0 saturated carbocycles. The van der Waals surface area contributed by atoms with Crippen LogP contribution in [0.5, 0.6) is 0 Å². The van der Waals surface area contributed by atoms with Crippen LogP contribution in [0.4, 0.5) is 17.1 Å². The minimum atomic E-state index is -0.520. The van der Waals surface area contributed by atoms with E-state index in [1.807, 2.05) is 0 Å². The van der Waals surface area contributed by atoms with E-state index in [0.717, 1.165) is 0 Å². The average molecular weight is 648 g/mol. The summed E-state index contributed by atoms with van der Waals surface area (Å²) in [5, 5.41) is 0. The summed E-state index contributed by atoms with van der Waals surface area (Å²) < 4.78 is 0. The van der Waals surface area contributed by atoms with Gasteiger partial charge in [0.15, 0.2) is 0 Å². The van der Waals surface area contributed by atoms with E-state index in [-0.39, 0.29) is 23.0 Å². The third-order valence-electron chi connectivity index (χ3n) is 12.0. The van der Waals surface area contributed by atoms with Crippen molar-refractivity contribution >= 4 is 40.2 Å². The molecule has 0 radical (unpaired) electrons. The van der Waals surface area contributed by atoms with Crippen molar-refractivity contribution in [3.63, 3.8) is 0 Å². The van der Waals surface area contributed by atoms with Crippen molar-refractivity contribution in [3.05, 3.63) is 178 Å². The fraction of sp³-hybridized carbons (Fsp3) is 0.250. The summed E-state index contributed by atoms with van der Waals surface area (Å²) in [5.41, 5.74) is 18.4. The van der Waals surface area contributed by atoms with Gasteiger partial charge in [-0.3, -0.25) is 0 Å². The lowest BCUT2D eigenvalue weighted by atomic mass is 9.33. The van der Waals surface area contributed by atoms with Gasteiger partial charge in [-0.25, -0.2) is 0 Å². The van der Waals surface area contributed by atoms with Gasteiger partial charge in [0.25, 0.3) is 0 Å². The second-order valence-electron chi connectivity index (χ2n) is 17.4. The molecule has 50 heavy (non-hydrogen) atoms. The molecule has 0 N–H and O–H groups in total. The van der Waals surface area contributed by atoms with Crippen molar-refractivity contribution in [2.75, 3.05) is 4.90 Å². The molecule has 3 aliphatic rings. The molecule has 9 rings (SSSR count). The predicted molar refractivity (Wildman–Crippen MR) is 214 cm³/mol. The van der Waals surface area contributed by atoms with Crippen molar-refractivity contribution in [1.29, 1.82) is 0 Å². The highest BCUT2D eigenvalue weighted by atomic mass is 15.2. The highest BCUT2D eigenvalue weighted by Crippen LogP contribution is 2.63. The third-order valence-corrected chi connectivity index (χ3v) is 12.0. The number of para-hydroxylation sites is 1. The van der Waals surface area contributed by atoms with Crippen LogP contribution in [0.2, 0.25) is 0 Å². The molecule has 1 nitrogen and oxygen atoms in total. The van der Waals surface area contributed by atoms with Crippen LogP contribution in [0.15, 0.2) is 133 Å². The lowest BCUT2D eigenvalue weighted by molar-refractivity contribution is 0.578. The van der Waals surface area contributed by atoms with Crippen molar-refractivity contribution in [2.24, 2.45) is 0 Å². The van der Waals surface area contributed by atoms with E-state index in [0.29, 0.717) is 0 Å². The summed E-state index contributed by atoms with van der Waals surface area (Å²) in [5.74, 6) is 0. The van der Waals surface area contributed by atoms with E-state index < -0.39 is 5.41 Å². The molecule has 0 unspecified atom stereocenters. The van der Waals surface area contributed by atoms with Crippen LogP contribution in [0.1, 0.15) is 99.9 Å². The summed E-state index contributed by atoms with van der Waals surface area (Å²) in [6.45, 7) is 19.2. The van der Waals surface area contributed by atoms with Crippen LogP contribution < -0.4 is 21.3 Å². The molecule has 0 atom stereocenters. The Hall–Kier alpha value is -4.82. The Bertz CT molecular complexity index is 2260. The molecule has 0 bridgehead atoms. The highest BCUT2D eigenvalue weighted by molar-refractivity contribution is 6.98. The molecule has 0 aliphatic carbocycles. The van der Waals surface area contributed by atoms with E-state index in [1.54, 1.807) is 0 Å². The molecular weight excluding hydrogens is 601 g/mol. The summed E-state index contributed by atoms with van der Waals surface area (Å²) in [6.07, 6.45) is 0. The first-order chi connectivity index (χ1) is 23.8. The Balaban J connectivity index is 1.56. The Morgan fingerprint density at radius 3 is 1.44 bits per heavy atom. The van der Waals surface area contributed by atoms with Gasteiger partial charge in [-0.1, -0.05) is 194 Å². The first-order valence-electron chi connectivity index (χ1n) is 18.3. The molecule has 0 saturated heterocycles. The van der Waals surface area contributed by atoms with Gasteiger partial charge in [-0.2, -0.15) is 0 Å². The standard InChI is InChI=1S/C48H46BN/c1-45(2,3)33-27-38-43-40(29-33)49(35-23-16-11-17-24-35)41-30-34(46(4,5)6)28-39-44(41)50(43)42-36(47(38,7)8)25-18-26-37(42)48(39,31-19-12-9-13-20-31)32-21-14-10-15-22-32/h9-30H,1-8H3. The SMILES string of the molecule is CC(C)(C)c1cc2c3c(c1)C(C)(C)c1cccc4c1N3c1c(cc(C(C)(C)C)cc1C4(c1ccccc1)c1ccccc1)B2c1ccccc1. The maximum Gasteiger partial charge on any atom is 0.246 e. The molecular formula is C48H46BN.